The summed E-state index contributed by atoms with van der Waals surface area (Å²) >= 11 is 12.7. The van der Waals surface area contributed by atoms with Crippen LogP contribution in [0.15, 0.2) is 79.1 Å². The van der Waals surface area contributed by atoms with E-state index in [9.17, 15) is 14.7 Å². The third-order valence-electron chi connectivity index (χ3n) is 6.37. The molecule has 4 rings (SSSR count). The maximum Gasteiger partial charge on any atom is 0.338 e. The van der Waals surface area contributed by atoms with Gasteiger partial charge in [-0.15, -0.1) is 0 Å². The maximum atomic E-state index is 13.2. The van der Waals surface area contributed by atoms with Crippen LogP contribution in [0.2, 0.25) is 10.0 Å². The number of esters is 1. The average Bonchev–Trinajstić information content (AvgIpc) is 2.97. The minimum absolute atomic E-state index is 0.0403. The number of carbonyl (C=O) groups is 2. The number of rotatable bonds is 10. The summed E-state index contributed by atoms with van der Waals surface area (Å²) in [7, 11) is 4.86. The fourth-order valence-corrected chi connectivity index (χ4v) is 4.64. The molecule has 8 nitrogen and oxygen atoms in total. The lowest BCUT2D eigenvalue weighted by atomic mass is 10.0. The summed E-state index contributed by atoms with van der Waals surface area (Å²) in [5, 5.41) is 14.0. The number of carbonyl (C=O) groups excluding carboxylic acids is 2. The second-order valence-electron chi connectivity index (χ2n) is 9.44. The number of benzene rings is 3. The molecule has 0 radical (unpaired) electrons. The maximum absolute atomic E-state index is 13.2. The summed E-state index contributed by atoms with van der Waals surface area (Å²) in [5.74, 6) is -0.419. The first-order valence-corrected chi connectivity index (χ1v) is 13.4. The summed E-state index contributed by atoms with van der Waals surface area (Å²) < 4.78 is 11.2. The SMILES string of the molecule is COc1cc([C@H](Cc2c(Cl)cncc2Cl)OC(=O)c2ccc(CNc3cccc(C(=O)N(C)C)c3)cc2)ccc1O. The molecule has 0 spiro atoms. The predicted octanol–water partition coefficient (Wildman–Crippen LogP) is 6.56. The number of hydrogen-bond acceptors (Lipinski definition) is 7. The molecule has 1 aromatic heterocycles. The van der Waals surface area contributed by atoms with Crippen LogP contribution in [-0.2, 0) is 17.7 Å². The molecule has 0 saturated carbocycles. The van der Waals surface area contributed by atoms with E-state index in [0.717, 1.165) is 11.3 Å². The number of aromatic nitrogens is 1. The van der Waals surface area contributed by atoms with Crippen LogP contribution in [0.4, 0.5) is 5.69 Å². The zero-order chi connectivity index (χ0) is 29.5. The summed E-state index contributed by atoms with van der Waals surface area (Å²) in [4.78, 5) is 31.0. The van der Waals surface area contributed by atoms with Gasteiger partial charge in [0, 0.05) is 50.7 Å². The van der Waals surface area contributed by atoms with E-state index in [1.165, 1.54) is 30.5 Å². The topological polar surface area (TPSA) is 101 Å². The van der Waals surface area contributed by atoms with Crippen molar-refractivity contribution in [2.45, 2.75) is 19.1 Å². The van der Waals surface area contributed by atoms with Crippen LogP contribution in [0.25, 0.3) is 0 Å². The highest BCUT2D eigenvalue weighted by atomic mass is 35.5. The Balaban J connectivity index is 1.49. The Bertz CT molecular complexity index is 1520. The highest BCUT2D eigenvalue weighted by Crippen LogP contribution is 2.35. The number of anilines is 1. The first-order chi connectivity index (χ1) is 19.7. The number of ether oxygens (including phenoxy) is 2. The molecule has 41 heavy (non-hydrogen) atoms. The average molecular weight is 594 g/mol. The number of aromatic hydroxyl groups is 1. The van der Waals surface area contributed by atoms with Gasteiger partial charge in [0.2, 0.25) is 0 Å². The Morgan fingerprint density at radius 2 is 1.68 bits per heavy atom. The first kappa shape index (κ1) is 29.7. The van der Waals surface area contributed by atoms with E-state index in [1.54, 1.807) is 50.5 Å². The number of phenols is 1. The van der Waals surface area contributed by atoms with Crippen molar-refractivity contribution < 1.29 is 24.2 Å². The van der Waals surface area contributed by atoms with Crippen molar-refractivity contribution in [1.82, 2.24) is 9.88 Å². The molecule has 2 N–H and O–H groups in total. The van der Waals surface area contributed by atoms with Gasteiger partial charge in [0.05, 0.1) is 22.7 Å². The lowest BCUT2D eigenvalue weighted by Crippen LogP contribution is -2.21. The highest BCUT2D eigenvalue weighted by molar-refractivity contribution is 6.35. The molecule has 1 amide bonds. The normalized spacial score (nSPS) is 11.4. The quantitative estimate of drug-likeness (QED) is 0.201. The number of amides is 1. The molecular formula is C31H29Cl2N3O5. The van der Waals surface area contributed by atoms with Crippen LogP contribution in [0.5, 0.6) is 11.5 Å². The molecule has 212 valence electrons. The van der Waals surface area contributed by atoms with E-state index >= 15 is 0 Å². The van der Waals surface area contributed by atoms with Gasteiger partial charge in [-0.1, -0.05) is 47.5 Å². The van der Waals surface area contributed by atoms with Crippen LogP contribution in [0.3, 0.4) is 0 Å². The van der Waals surface area contributed by atoms with Crippen molar-refractivity contribution in [3.8, 4) is 11.5 Å². The van der Waals surface area contributed by atoms with Crippen molar-refractivity contribution >= 4 is 40.8 Å². The monoisotopic (exact) mass is 593 g/mol. The van der Waals surface area contributed by atoms with Crippen molar-refractivity contribution in [2.75, 3.05) is 26.5 Å². The number of nitrogens with zero attached hydrogens (tertiary/aromatic N) is 2. The minimum atomic E-state index is -0.784. The lowest BCUT2D eigenvalue weighted by Gasteiger charge is -2.21. The standard InChI is InChI=1S/C31H29Cl2N3O5/c1-36(2)30(38)22-5-4-6-23(13-22)35-16-19-7-9-20(10-8-19)31(39)41-28(15-24-25(32)17-34-18-26(24)33)21-11-12-27(37)29(14-21)40-3/h4-14,17-18,28,35,37H,15-16H2,1-3H3/t28-/m0/s1. The van der Waals surface area contributed by atoms with E-state index in [4.69, 9.17) is 32.7 Å². The molecule has 0 aliphatic heterocycles. The second kappa shape index (κ2) is 13.4. The molecule has 0 unspecified atom stereocenters. The van der Waals surface area contributed by atoms with Crippen LogP contribution in [0.1, 0.15) is 43.5 Å². The van der Waals surface area contributed by atoms with Gasteiger partial charge in [0.25, 0.3) is 5.91 Å². The Labute approximate surface area is 248 Å². The first-order valence-electron chi connectivity index (χ1n) is 12.7. The molecule has 1 heterocycles. The molecule has 4 aromatic rings. The Kier molecular flexibility index (Phi) is 9.70. The summed E-state index contributed by atoms with van der Waals surface area (Å²) in [6.07, 6.45) is 2.34. The summed E-state index contributed by atoms with van der Waals surface area (Å²) in [6.45, 7) is 0.490. The van der Waals surface area contributed by atoms with Gasteiger partial charge in [0.1, 0.15) is 6.10 Å². The van der Waals surface area contributed by atoms with E-state index in [0.29, 0.717) is 38.8 Å². The van der Waals surface area contributed by atoms with Gasteiger partial charge in [-0.25, -0.2) is 4.79 Å². The van der Waals surface area contributed by atoms with Crippen LogP contribution < -0.4 is 10.1 Å². The largest absolute Gasteiger partial charge is 0.504 e. The number of phenolic OH excluding ortho intramolecular Hbond substituents is 1. The Morgan fingerprint density at radius 3 is 2.34 bits per heavy atom. The van der Waals surface area contributed by atoms with Crippen LogP contribution in [0, 0.1) is 0 Å². The second-order valence-corrected chi connectivity index (χ2v) is 10.3. The minimum Gasteiger partial charge on any atom is -0.504 e. The molecule has 0 aliphatic rings. The van der Waals surface area contributed by atoms with Gasteiger partial charge in [-0.05, 0) is 59.2 Å². The van der Waals surface area contributed by atoms with E-state index in [1.807, 2.05) is 24.3 Å². The van der Waals surface area contributed by atoms with Gasteiger partial charge >= 0.3 is 5.97 Å². The van der Waals surface area contributed by atoms with E-state index in [2.05, 4.69) is 10.3 Å². The van der Waals surface area contributed by atoms with E-state index in [-0.39, 0.29) is 23.8 Å². The molecule has 1 atom stereocenters. The van der Waals surface area contributed by atoms with Crippen molar-refractivity contribution in [1.29, 1.82) is 0 Å². The smallest absolute Gasteiger partial charge is 0.338 e. The van der Waals surface area contributed by atoms with Crippen LogP contribution in [-0.4, -0.2) is 48.1 Å². The Hall–Kier alpha value is -4.27. The zero-order valence-corrected chi connectivity index (χ0v) is 24.2. The number of methoxy groups -OCH3 is 1. The summed E-state index contributed by atoms with van der Waals surface area (Å²) in [6, 6.07) is 19.0. The van der Waals surface area contributed by atoms with Gasteiger partial charge in [0.15, 0.2) is 11.5 Å². The number of nitrogens with one attached hydrogen (secondary N) is 1. The van der Waals surface area contributed by atoms with Crippen molar-refractivity contribution in [2.24, 2.45) is 0 Å². The van der Waals surface area contributed by atoms with Crippen molar-refractivity contribution in [3.05, 3.63) is 117 Å². The van der Waals surface area contributed by atoms with Gasteiger partial charge < -0.3 is 24.8 Å². The van der Waals surface area contributed by atoms with Gasteiger partial charge in [-0.2, -0.15) is 0 Å². The highest BCUT2D eigenvalue weighted by Gasteiger charge is 2.23. The molecule has 0 bridgehead atoms. The number of hydrogen-bond donors (Lipinski definition) is 2. The molecule has 0 saturated heterocycles. The fraction of sp³-hybridized carbons (Fsp3) is 0.194. The van der Waals surface area contributed by atoms with E-state index < -0.39 is 12.1 Å². The molecule has 10 heteroatoms. The fourth-order valence-electron chi connectivity index (χ4n) is 4.12. The van der Waals surface area contributed by atoms with Crippen molar-refractivity contribution in [3.63, 3.8) is 0 Å². The predicted molar refractivity (Wildman–Crippen MR) is 159 cm³/mol. The molecule has 3 aromatic carbocycles. The number of halogens is 2. The zero-order valence-electron chi connectivity index (χ0n) is 22.7. The molecule has 0 aliphatic carbocycles. The molecular weight excluding hydrogens is 565 g/mol. The van der Waals surface area contributed by atoms with Crippen LogP contribution >= 0.6 is 23.2 Å². The summed E-state index contributed by atoms with van der Waals surface area (Å²) in [5.41, 5.74) is 3.85. The Morgan fingerprint density at radius 1 is 0.976 bits per heavy atom. The third-order valence-corrected chi connectivity index (χ3v) is 7.02. The van der Waals surface area contributed by atoms with Gasteiger partial charge in [-0.3, -0.25) is 9.78 Å². The number of pyridine rings is 1. The molecule has 0 fully saturated rings. The third kappa shape index (κ3) is 7.48. The lowest BCUT2D eigenvalue weighted by molar-refractivity contribution is 0.0297.